The number of carbonyl (C=O) groups excluding carboxylic acids is 1. The quantitative estimate of drug-likeness (QED) is 0.624. The van der Waals surface area contributed by atoms with Gasteiger partial charge in [-0.1, -0.05) is 12.1 Å². The number of nitrogen functional groups attached to an aromatic ring is 1. The molecule has 2 aromatic carbocycles. The highest BCUT2D eigenvalue weighted by Crippen LogP contribution is 2.22. The highest BCUT2D eigenvalue weighted by molar-refractivity contribution is 6.12. The van der Waals surface area contributed by atoms with Gasteiger partial charge >= 0.3 is 0 Å². The van der Waals surface area contributed by atoms with Gasteiger partial charge in [-0.2, -0.15) is 5.10 Å². The first-order valence-corrected chi connectivity index (χ1v) is 9.40. The molecule has 4 rings (SSSR count). The summed E-state index contributed by atoms with van der Waals surface area (Å²) in [5.74, 6) is -0.351. The van der Waals surface area contributed by atoms with Gasteiger partial charge in [0, 0.05) is 24.3 Å². The molecule has 8 heteroatoms. The topological polar surface area (TPSA) is 85.4 Å². The number of halogens is 1. The molecule has 1 saturated heterocycles. The average molecular weight is 395 g/mol. The number of aromatic nitrogens is 2. The van der Waals surface area contributed by atoms with Crippen molar-refractivity contribution < 1.29 is 13.9 Å². The van der Waals surface area contributed by atoms with E-state index in [1.54, 1.807) is 24.3 Å². The summed E-state index contributed by atoms with van der Waals surface area (Å²) in [5, 5.41) is 7.54. The number of hydrogen-bond donors (Lipinski definition) is 2. The second-order valence-corrected chi connectivity index (χ2v) is 6.81. The molecule has 0 bridgehead atoms. The van der Waals surface area contributed by atoms with E-state index < -0.39 is 0 Å². The molecule has 1 aromatic heterocycles. The molecule has 1 aliphatic heterocycles. The van der Waals surface area contributed by atoms with Crippen molar-refractivity contribution in [1.82, 2.24) is 14.7 Å². The van der Waals surface area contributed by atoms with Gasteiger partial charge in [-0.3, -0.25) is 9.69 Å². The second-order valence-electron chi connectivity index (χ2n) is 6.81. The lowest BCUT2D eigenvalue weighted by Gasteiger charge is -2.27. The Morgan fingerprint density at radius 3 is 2.69 bits per heavy atom. The van der Waals surface area contributed by atoms with Crippen molar-refractivity contribution in [2.45, 2.75) is 0 Å². The predicted octanol–water partition coefficient (Wildman–Crippen LogP) is 2.53. The van der Waals surface area contributed by atoms with Crippen LogP contribution in [0.15, 0.2) is 54.7 Å². The SMILES string of the molecule is Nc1c(C(=O)c2cccc(NCN3CCOCC3)c2)cnn1-c1ccc(F)cc1. The Labute approximate surface area is 167 Å². The van der Waals surface area contributed by atoms with E-state index in [2.05, 4.69) is 15.3 Å². The normalized spacial score (nSPS) is 14.7. The van der Waals surface area contributed by atoms with Gasteiger partial charge in [0.2, 0.25) is 0 Å². The molecule has 0 atom stereocenters. The highest BCUT2D eigenvalue weighted by atomic mass is 19.1. The number of rotatable bonds is 6. The van der Waals surface area contributed by atoms with Crippen LogP contribution < -0.4 is 11.1 Å². The van der Waals surface area contributed by atoms with Gasteiger partial charge in [0.05, 0.1) is 37.3 Å². The molecule has 150 valence electrons. The van der Waals surface area contributed by atoms with Gasteiger partial charge in [-0.05, 0) is 36.4 Å². The van der Waals surface area contributed by atoms with Crippen LogP contribution in [0.2, 0.25) is 0 Å². The Morgan fingerprint density at radius 2 is 1.93 bits per heavy atom. The molecule has 0 saturated carbocycles. The van der Waals surface area contributed by atoms with E-state index in [1.807, 2.05) is 12.1 Å². The van der Waals surface area contributed by atoms with Crippen molar-refractivity contribution in [2.75, 3.05) is 44.0 Å². The smallest absolute Gasteiger partial charge is 0.198 e. The summed E-state index contributed by atoms with van der Waals surface area (Å²) in [4.78, 5) is 15.2. The van der Waals surface area contributed by atoms with Crippen LogP contribution in [0.5, 0.6) is 0 Å². The molecule has 1 fully saturated rings. The fraction of sp³-hybridized carbons (Fsp3) is 0.238. The van der Waals surface area contributed by atoms with Crippen molar-refractivity contribution in [3.05, 3.63) is 71.7 Å². The Morgan fingerprint density at radius 1 is 1.17 bits per heavy atom. The number of benzene rings is 2. The Bertz CT molecular complexity index is 997. The number of hydrogen-bond acceptors (Lipinski definition) is 6. The van der Waals surface area contributed by atoms with Gasteiger partial charge in [0.1, 0.15) is 11.6 Å². The Kier molecular flexibility index (Phi) is 5.55. The molecular formula is C21H22FN5O2. The second kappa shape index (κ2) is 8.42. The van der Waals surface area contributed by atoms with E-state index in [-0.39, 0.29) is 17.4 Å². The summed E-state index contributed by atoms with van der Waals surface area (Å²) in [7, 11) is 0. The maximum Gasteiger partial charge on any atom is 0.198 e. The van der Waals surface area contributed by atoms with E-state index in [0.29, 0.717) is 23.5 Å². The number of ether oxygens (including phenoxy) is 1. The van der Waals surface area contributed by atoms with Crippen molar-refractivity contribution in [1.29, 1.82) is 0 Å². The van der Waals surface area contributed by atoms with Crippen molar-refractivity contribution in [2.24, 2.45) is 0 Å². The lowest BCUT2D eigenvalue weighted by Crippen LogP contribution is -2.39. The van der Waals surface area contributed by atoms with Crippen molar-refractivity contribution >= 4 is 17.3 Å². The molecule has 0 spiro atoms. The zero-order valence-corrected chi connectivity index (χ0v) is 15.8. The summed E-state index contributed by atoms with van der Waals surface area (Å²) in [5.41, 5.74) is 8.42. The van der Waals surface area contributed by atoms with Crippen LogP contribution in [-0.4, -0.2) is 53.4 Å². The van der Waals surface area contributed by atoms with Gasteiger partial charge in [-0.15, -0.1) is 0 Å². The molecule has 1 aliphatic rings. The van der Waals surface area contributed by atoms with E-state index in [4.69, 9.17) is 10.5 Å². The number of morpholine rings is 1. The molecule has 2 heterocycles. The minimum absolute atomic E-state index is 0.216. The third kappa shape index (κ3) is 4.28. The molecule has 0 radical (unpaired) electrons. The Hall–Kier alpha value is -3.23. The van der Waals surface area contributed by atoms with Crippen LogP contribution in [-0.2, 0) is 4.74 Å². The first-order valence-electron chi connectivity index (χ1n) is 9.40. The van der Waals surface area contributed by atoms with Crippen LogP contribution in [0.3, 0.4) is 0 Å². The van der Waals surface area contributed by atoms with E-state index in [9.17, 15) is 9.18 Å². The van der Waals surface area contributed by atoms with Crippen LogP contribution >= 0.6 is 0 Å². The Balaban J connectivity index is 1.50. The van der Waals surface area contributed by atoms with Crippen LogP contribution in [0.25, 0.3) is 5.69 Å². The molecule has 3 aromatic rings. The molecule has 7 nitrogen and oxygen atoms in total. The summed E-state index contributed by atoms with van der Waals surface area (Å²) in [6.45, 7) is 3.91. The van der Waals surface area contributed by atoms with Gasteiger partial charge in [0.15, 0.2) is 5.78 Å². The average Bonchev–Trinajstić information content (AvgIpc) is 3.14. The van der Waals surface area contributed by atoms with Crippen LogP contribution in [0, 0.1) is 5.82 Å². The zero-order valence-electron chi connectivity index (χ0n) is 15.8. The highest BCUT2D eigenvalue weighted by Gasteiger charge is 2.18. The number of nitrogens with one attached hydrogen (secondary N) is 1. The number of nitrogens with zero attached hydrogens (tertiary/aromatic N) is 3. The fourth-order valence-electron chi connectivity index (χ4n) is 3.21. The van der Waals surface area contributed by atoms with E-state index in [1.165, 1.54) is 23.0 Å². The van der Waals surface area contributed by atoms with Crippen LogP contribution in [0.4, 0.5) is 15.9 Å². The van der Waals surface area contributed by atoms with E-state index >= 15 is 0 Å². The zero-order chi connectivity index (χ0) is 20.2. The maximum absolute atomic E-state index is 13.1. The number of anilines is 2. The standard InChI is InChI=1S/C21H22FN5O2/c22-16-4-6-18(7-5-16)27-21(23)19(13-25-27)20(28)15-2-1-3-17(12-15)24-14-26-8-10-29-11-9-26/h1-7,12-13,24H,8-11,14,23H2. The summed E-state index contributed by atoms with van der Waals surface area (Å²) >= 11 is 0. The summed E-state index contributed by atoms with van der Waals surface area (Å²) in [6.07, 6.45) is 1.44. The van der Waals surface area contributed by atoms with Crippen molar-refractivity contribution in [3.8, 4) is 5.69 Å². The predicted molar refractivity (Wildman–Crippen MR) is 109 cm³/mol. The molecular weight excluding hydrogens is 373 g/mol. The molecule has 0 amide bonds. The fourth-order valence-corrected chi connectivity index (χ4v) is 3.21. The van der Waals surface area contributed by atoms with Gasteiger partial charge < -0.3 is 15.8 Å². The summed E-state index contributed by atoms with van der Waals surface area (Å²) < 4.78 is 19.9. The lowest BCUT2D eigenvalue weighted by atomic mass is 10.1. The number of ketones is 1. The van der Waals surface area contributed by atoms with E-state index in [0.717, 1.165) is 32.0 Å². The third-order valence-electron chi connectivity index (χ3n) is 4.86. The van der Waals surface area contributed by atoms with Gasteiger partial charge in [-0.25, -0.2) is 9.07 Å². The first kappa shape index (κ1) is 19.1. The molecule has 0 aliphatic carbocycles. The molecule has 3 N–H and O–H groups in total. The minimum atomic E-state index is -0.350. The minimum Gasteiger partial charge on any atom is -0.383 e. The van der Waals surface area contributed by atoms with Gasteiger partial charge in [0.25, 0.3) is 0 Å². The molecule has 29 heavy (non-hydrogen) atoms. The first-order chi connectivity index (χ1) is 14.1. The van der Waals surface area contributed by atoms with Crippen molar-refractivity contribution in [3.63, 3.8) is 0 Å². The summed E-state index contributed by atoms with van der Waals surface area (Å²) in [6, 6.07) is 13.1. The third-order valence-corrected chi connectivity index (χ3v) is 4.86. The van der Waals surface area contributed by atoms with Crippen LogP contribution in [0.1, 0.15) is 15.9 Å². The largest absolute Gasteiger partial charge is 0.383 e. The monoisotopic (exact) mass is 395 g/mol. The number of nitrogens with two attached hydrogens (primary N) is 1. The lowest BCUT2D eigenvalue weighted by molar-refractivity contribution is 0.0414. The number of carbonyl (C=O) groups is 1. The molecule has 0 unspecified atom stereocenters. The maximum atomic E-state index is 13.1.